The minimum atomic E-state index is 0.0260. The van der Waals surface area contributed by atoms with Crippen molar-refractivity contribution in [1.29, 1.82) is 5.26 Å². The Bertz CT molecular complexity index is 490. The molecule has 102 valence electrons. The molecular formula is C13H19N5O. The topological polar surface area (TPSA) is 86.2 Å². The lowest BCUT2D eigenvalue weighted by atomic mass is 10.2. The summed E-state index contributed by atoms with van der Waals surface area (Å²) in [5, 5.41) is 8.75. The van der Waals surface area contributed by atoms with E-state index in [1.54, 1.807) is 22.9 Å². The molecule has 0 fully saturated rings. The van der Waals surface area contributed by atoms with Crippen molar-refractivity contribution < 1.29 is 4.79 Å². The van der Waals surface area contributed by atoms with Crippen LogP contribution in [0.15, 0.2) is 12.3 Å². The molecule has 2 N–H and O–H groups in total. The van der Waals surface area contributed by atoms with Gasteiger partial charge in [0.05, 0.1) is 17.8 Å². The predicted molar refractivity (Wildman–Crippen MR) is 74.6 cm³/mol. The fourth-order valence-electron chi connectivity index (χ4n) is 1.81. The van der Waals surface area contributed by atoms with Gasteiger partial charge < -0.3 is 15.5 Å². The van der Waals surface area contributed by atoms with Crippen molar-refractivity contribution in [2.45, 2.75) is 13.8 Å². The van der Waals surface area contributed by atoms with Crippen LogP contribution in [0.2, 0.25) is 0 Å². The van der Waals surface area contributed by atoms with Gasteiger partial charge in [-0.05, 0) is 19.9 Å². The van der Waals surface area contributed by atoms with Gasteiger partial charge in [-0.25, -0.2) is 4.98 Å². The molecule has 0 radical (unpaired) electrons. The summed E-state index contributed by atoms with van der Waals surface area (Å²) >= 11 is 0. The lowest BCUT2D eigenvalue weighted by Crippen LogP contribution is -2.39. The molecule has 1 aromatic rings. The van der Waals surface area contributed by atoms with Crippen LogP contribution in [-0.2, 0) is 4.79 Å². The second kappa shape index (κ2) is 6.59. The van der Waals surface area contributed by atoms with E-state index in [2.05, 4.69) is 4.98 Å². The van der Waals surface area contributed by atoms with Crippen molar-refractivity contribution in [3.63, 3.8) is 0 Å². The summed E-state index contributed by atoms with van der Waals surface area (Å²) in [5.41, 5.74) is 6.64. The van der Waals surface area contributed by atoms with Gasteiger partial charge in [-0.3, -0.25) is 4.79 Å². The van der Waals surface area contributed by atoms with Crippen molar-refractivity contribution >= 4 is 17.4 Å². The Hall–Kier alpha value is -2.29. The standard InChI is InChI=1S/C13H19N5O/c1-4-18(5-2)12(19)9-17(3)13-11(15)6-10(7-14)8-16-13/h6,8H,4-5,9,15H2,1-3H3. The molecule has 0 aliphatic heterocycles. The average Bonchev–Trinajstić information content (AvgIpc) is 2.39. The molecule has 19 heavy (non-hydrogen) atoms. The number of nitrogens with two attached hydrogens (primary N) is 1. The number of likely N-dealkylation sites (N-methyl/N-ethyl adjacent to an activating group) is 2. The Morgan fingerprint density at radius 2 is 2.11 bits per heavy atom. The van der Waals surface area contributed by atoms with Gasteiger partial charge in [0.1, 0.15) is 6.07 Å². The first-order valence-electron chi connectivity index (χ1n) is 6.18. The molecule has 0 saturated heterocycles. The highest BCUT2D eigenvalue weighted by Gasteiger charge is 2.15. The first-order valence-corrected chi connectivity index (χ1v) is 6.18. The van der Waals surface area contributed by atoms with Gasteiger partial charge >= 0.3 is 0 Å². The van der Waals surface area contributed by atoms with Crippen molar-refractivity contribution in [3.8, 4) is 6.07 Å². The molecule has 0 aliphatic carbocycles. The number of aromatic nitrogens is 1. The molecule has 0 atom stereocenters. The Morgan fingerprint density at radius 3 is 2.58 bits per heavy atom. The molecule has 0 bridgehead atoms. The molecule has 1 aromatic heterocycles. The number of pyridine rings is 1. The Kier molecular flexibility index (Phi) is 5.12. The maximum atomic E-state index is 12.0. The van der Waals surface area contributed by atoms with Crippen LogP contribution in [0.25, 0.3) is 0 Å². The Labute approximate surface area is 113 Å². The fraction of sp³-hybridized carbons (Fsp3) is 0.462. The summed E-state index contributed by atoms with van der Waals surface area (Å²) in [6.45, 7) is 5.45. The predicted octanol–water partition coefficient (Wildman–Crippen LogP) is 0.840. The van der Waals surface area contributed by atoms with Crippen LogP contribution in [0.3, 0.4) is 0 Å². The van der Waals surface area contributed by atoms with Crippen LogP contribution in [-0.4, -0.2) is 42.5 Å². The first kappa shape index (κ1) is 14.8. The number of anilines is 2. The summed E-state index contributed by atoms with van der Waals surface area (Å²) in [7, 11) is 1.76. The normalized spacial score (nSPS) is 9.79. The number of carbonyl (C=O) groups is 1. The van der Waals surface area contributed by atoms with Crippen molar-refractivity contribution in [3.05, 3.63) is 17.8 Å². The molecule has 1 heterocycles. The third kappa shape index (κ3) is 3.58. The van der Waals surface area contributed by atoms with Crippen molar-refractivity contribution in [1.82, 2.24) is 9.88 Å². The SMILES string of the molecule is CCN(CC)C(=O)CN(C)c1ncc(C#N)cc1N. The van der Waals surface area contributed by atoms with E-state index in [-0.39, 0.29) is 12.5 Å². The number of rotatable bonds is 5. The lowest BCUT2D eigenvalue weighted by Gasteiger charge is -2.24. The zero-order valence-corrected chi connectivity index (χ0v) is 11.6. The maximum absolute atomic E-state index is 12.0. The van der Waals surface area contributed by atoms with E-state index in [9.17, 15) is 4.79 Å². The highest BCUT2D eigenvalue weighted by Crippen LogP contribution is 2.19. The largest absolute Gasteiger partial charge is 0.396 e. The van der Waals surface area contributed by atoms with Crippen LogP contribution < -0.4 is 10.6 Å². The van der Waals surface area contributed by atoms with Crippen LogP contribution >= 0.6 is 0 Å². The van der Waals surface area contributed by atoms with E-state index in [1.165, 1.54) is 6.20 Å². The van der Waals surface area contributed by atoms with E-state index in [0.717, 1.165) is 0 Å². The zero-order chi connectivity index (χ0) is 14.4. The highest BCUT2D eigenvalue weighted by molar-refractivity contribution is 5.82. The second-order valence-corrected chi connectivity index (χ2v) is 4.17. The number of hydrogen-bond acceptors (Lipinski definition) is 5. The minimum absolute atomic E-state index is 0.0260. The molecule has 1 rings (SSSR count). The smallest absolute Gasteiger partial charge is 0.242 e. The number of nitrogen functional groups attached to an aromatic ring is 1. The van der Waals surface area contributed by atoms with Gasteiger partial charge in [0.25, 0.3) is 0 Å². The summed E-state index contributed by atoms with van der Waals surface area (Å²) in [4.78, 5) is 19.5. The molecule has 1 amide bonds. The fourth-order valence-corrected chi connectivity index (χ4v) is 1.81. The minimum Gasteiger partial charge on any atom is -0.396 e. The molecule has 0 saturated carbocycles. The van der Waals surface area contributed by atoms with Crippen LogP contribution in [0.4, 0.5) is 11.5 Å². The van der Waals surface area contributed by atoms with Gasteiger partial charge in [0.15, 0.2) is 5.82 Å². The number of amides is 1. The molecule has 0 spiro atoms. The van der Waals surface area contributed by atoms with Crippen molar-refractivity contribution in [2.75, 3.05) is 37.3 Å². The van der Waals surface area contributed by atoms with E-state index in [1.807, 2.05) is 19.9 Å². The van der Waals surface area contributed by atoms with E-state index < -0.39 is 0 Å². The first-order chi connectivity index (χ1) is 9.03. The third-order valence-corrected chi connectivity index (χ3v) is 2.87. The molecule has 6 nitrogen and oxygen atoms in total. The molecule has 0 unspecified atom stereocenters. The van der Waals surface area contributed by atoms with E-state index >= 15 is 0 Å². The summed E-state index contributed by atoms with van der Waals surface area (Å²) in [5.74, 6) is 0.539. The second-order valence-electron chi connectivity index (χ2n) is 4.17. The van der Waals surface area contributed by atoms with E-state index in [4.69, 9.17) is 11.0 Å². The number of nitrogens with zero attached hydrogens (tertiary/aromatic N) is 4. The van der Waals surface area contributed by atoms with Gasteiger partial charge in [-0.2, -0.15) is 5.26 Å². The van der Waals surface area contributed by atoms with Gasteiger partial charge in [0, 0.05) is 26.3 Å². The van der Waals surface area contributed by atoms with Gasteiger partial charge in [-0.15, -0.1) is 0 Å². The van der Waals surface area contributed by atoms with Crippen molar-refractivity contribution in [2.24, 2.45) is 0 Å². The maximum Gasteiger partial charge on any atom is 0.242 e. The zero-order valence-electron chi connectivity index (χ0n) is 11.6. The monoisotopic (exact) mass is 261 g/mol. The molecule has 6 heteroatoms. The van der Waals surface area contributed by atoms with Crippen LogP contribution in [0.1, 0.15) is 19.4 Å². The number of nitriles is 1. The quantitative estimate of drug-likeness (QED) is 0.848. The highest BCUT2D eigenvalue weighted by atomic mass is 16.2. The average molecular weight is 261 g/mol. The van der Waals surface area contributed by atoms with E-state index in [0.29, 0.717) is 30.2 Å². The van der Waals surface area contributed by atoms with Gasteiger partial charge in [0.2, 0.25) is 5.91 Å². The van der Waals surface area contributed by atoms with Crippen LogP contribution in [0, 0.1) is 11.3 Å². The third-order valence-electron chi connectivity index (χ3n) is 2.87. The number of carbonyl (C=O) groups excluding carboxylic acids is 1. The van der Waals surface area contributed by atoms with Crippen LogP contribution in [0.5, 0.6) is 0 Å². The summed E-state index contributed by atoms with van der Waals surface area (Å²) < 4.78 is 0. The molecule has 0 aromatic carbocycles. The Morgan fingerprint density at radius 1 is 1.47 bits per heavy atom. The summed E-state index contributed by atoms with van der Waals surface area (Å²) in [6.07, 6.45) is 1.45. The number of hydrogen-bond donors (Lipinski definition) is 1. The Balaban J connectivity index is 2.81. The molecule has 0 aliphatic rings. The summed E-state index contributed by atoms with van der Waals surface area (Å²) in [6, 6.07) is 3.53. The lowest BCUT2D eigenvalue weighted by molar-refractivity contribution is -0.129. The molecular weight excluding hydrogens is 242 g/mol. The van der Waals surface area contributed by atoms with Gasteiger partial charge in [-0.1, -0.05) is 0 Å².